The number of methoxy groups -OCH3 is 2. The number of hydrazone groups is 1. The zero-order valence-corrected chi connectivity index (χ0v) is 27.5. The molecule has 236 valence electrons. The number of nitrogens with two attached hydrogens (primary N) is 1. The van der Waals surface area contributed by atoms with Crippen molar-refractivity contribution in [1.29, 1.82) is 0 Å². The summed E-state index contributed by atoms with van der Waals surface area (Å²) < 4.78 is 54.3. The number of benzene rings is 3. The monoisotopic (exact) mass is 661 g/mol. The number of primary sulfonamides is 1. The molecule has 0 bridgehead atoms. The molecular weight excluding hydrogens is 627 g/mol. The van der Waals surface area contributed by atoms with E-state index in [4.69, 9.17) is 14.6 Å². The van der Waals surface area contributed by atoms with Crippen LogP contribution in [0.4, 0.5) is 0 Å². The minimum Gasteiger partial charge on any atom is -0.497 e. The zero-order valence-electron chi connectivity index (χ0n) is 25.1. The molecule has 44 heavy (non-hydrogen) atoms. The van der Waals surface area contributed by atoms with E-state index in [1.807, 2.05) is 12.1 Å². The molecule has 0 atom stereocenters. The molecule has 0 aliphatic rings. The fraction of sp³-hybridized carbons (Fsp3) is 0.207. The molecule has 0 saturated carbocycles. The minimum atomic E-state index is -3.85. The summed E-state index contributed by atoms with van der Waals surface area (Å²) in [6.07, 6.45) is 8.06. The summed E-state index contributed by atoms with van der Waals surface area (Å²) in [4.78, 5) is 12.8. The lowest BCUT2D eigenvalue weighted by Crippen LogP contribution is -2.18. The number of hydrogen-bond donors (Lipinski definition) is 2. The van der Waals surface area contributed by atoms with Crippen LogP contribution >= 0.6 is 0 Å². The molecule has 0 spiro atoms. The van der Waals surface area contributed by atoms with Gasteiger partial charge in [-0.25, -0.2) is 23.7 Å². The van der Waals surface area contributed by atoms with E-state index in [1.54, 1.807) is 93.8 Å². The van der Waals surface area contributed by atoms with Gasteiger partial charge in [-0.3, -0.25) is 13.2 Å². The van der Waals surface area contributed by atoms with Gasteiger partial charge in [0.15, 0.2) is 5.69 Å². The van der Waals surface area contributed by atoms with Gasteiger partial charge < -0.3 is 9.47 Å². The Hall–Kier alpha value is -4.18. The van der Waals surface area contributed by atoms with Crippen LogP contribution in [0.25, 0.3) is 16.9 Å². The lowest BCUT2D eigenvalue weighted by atomic mass is 10.1. The quantitative estimate of drug-likeness (QED) is 0.214. The van der Waals surface area contributed by atoms with Gasteiger partial charge in [-0.1, -0.05) is 0 Å². The van der Waals surface area contributed by atoms with Crippen LogP contribution in [0, 0.1) is 0 Å². The van der Waals surface area contributed by atoms with Crippen LogP contribution in [0.1, 0.15) is 16.1 Å². The maximum absolute atomic E-state index is 12.8. The number of nitrogens with zero attached hydrogens (tertiary/aromatic N) is 3. The van der Waals surface area contributed by atoms with Gasteiger partial charge >= 0.3 is 0 Å². The molecule has 15 heteroatoms. The molecular formula is C29H35N5O7S3. The maximum Gasteiger partial charge on any atom is 0.291 e. The highest BCUT2D eigenvalue weighted by Crippen LogP contribution is 2.26. The van der Waals surface area contributed by atoms with Gasteiger partial charge in [0.25, 0.3) is 5.91 Å². The molecule has 3 aromatic carbocycles. The van der Waals surface area contributed by atoms with Crippen molar-refractivity contribution in [2.24, 2.45) is 10.2 Å². The van der Waals surface area contributed by atoms with E-state index in [0.29, 0.717) is 22.9 Å². The third kappa shape index (κ3) is 11.8. The zero-order chi connectivity index (χ0) is 32.9. The average molecular weight is 662 g/mol. The Morgan fingerprint density at radius 2 is 1.34 bits per heavy atom. The highest BCUT2D eigenvalue weighted by molar-refractivity contribution is 7.89. The lowest BCUT2D eigenvalue weighted by Gasteiger charge is -2.09. The number of aromatic nitrogens is 2. The smallest absolute Gasteiger partial charge is 0.291 e. The van der Waals surface area contributed by atoms with E-state index in [-0.39, 0.29) is 10.6 Å². The van der Waals surface area contributed by atoms with Gasteiger partial charge in [-0.05, 0) is 84.4 Å². The number of ether oxygens (including phenoxy) is 2. The normalized spacial score (nSPS) is 10.9. The molecule has 4 aromatic rings. The third-order valence-electron chi connectivity index (χ3n) is 5.23. The molecule has 1 heterocycles. The number of hydrogen-bond acceptors (Lipinski definition) is 9. The van der Waals surface area contributed by atoms with E-state index in [0.717, 1.165) is 11.1 Å². The van der Waals surface area contributed by atoms with Crippen LogP contribution in [-0.2, 0) is 31.6 Å². The molecule has 1 aromatic heterocycles. The van der Waals surface area contributed by atoms with Gasteiger partial charge in [0.1, 0.15) is 11.5 Å². The van der Waals surface area contributed by atoms with E-state index >= 15 is 0 Å². The van der Waals surface area contributed by atoms with Crippen molar-refractivity contribution in [3.05, 3.63) is 90.1 Å². The Bertz CT molecular complexity index is 1680. The lowest BCUT2D eigenvalue weighted by molar-refractivity contribution is 0.0949. The van der Waals surface area contributed by atoms with E-state index < -0.39 is 37.5 Å². The number of nitrogens with one attached hydrogen (secondary N) is 1. The molecule has 0 saturated heterocycles. The fourth-order valence-electron chi connectivity index (χ4n) is 3.35. The van der Waals surface area contributed by atoms with Crippen LogP contribution in [-0.4, -0.2) is 78.0 Å². The number of sulfonamides is 1. The van der Waals surface area contributed by atoms with Crippen LogP contribution < -0.4 is 20.0 Å². The highest BCUT2D eigenvalue weighted by Gasteiger charge is 2.17. The van der Waals surface area contributed by atoms with Crippen molar-refractivity contribution in [3.63, 3.8) is 0 Å². The van der Waals surface area contributed by atoms with E-state index in [9.17, 15) is 21.6 Å². The van der Waals surface area contributed by atoms with Crippen molar-refractivity contribution in [1.82, 2.24) is 15.2 Å². The molecule has 1 amide bonds. The largest absolute Gasteiger partial charge is 0.497 e. The minimum absolute atomic E-state index is 0.0322. The highest BCUT2D eigenvalue weighted by atomic mass is 32.2. The number of carbonyl (C=O) groups is 1. The first-order chi connectivity index (χ1) is 20.7. The first-order valence-corrected chi connectivity index (χ1v) is 18.1. The molecule has 0 aliphatic carbocycles. The second-order valence-corrected chi connectivity index (χ2v) is 13.6. The van der Waals surface area contributed by atoms with Crippen LogP contribution in [0.15, 0.2) is 88.9 Å². The Labute approximate surface area is 262 Å². The molecule has 12 nitrogen and oxygen atoms in total. The predicted octanol–water partition coefficient (Wildman–Crippen LogP) is 2.96. The number of amides is 1. The fourth-order valence-corrected chi connectivity index (χ4v) is 3.86. The second kappa shape index (κ2) is 17.2. The molecule has 0 fully saturated rings. The van der Waals surface area contributed by atoms with Gasteiger partial charge in [0, 0.05) is 52.2 Å². The molecule has 0 radical (unpaired) electrons. The van der Waals surface area contributed by atoms with Crippen molar-refractivity contribution < 1.29 is 31.1 Å². The molecule has 0 unspecified atom stereocenters. The summed E-state index contributed by atoms with van der Waals surface area (Å²) in [7, 11) is -1.92. The summed E-state index contributed by atoms with van der Waals surface area (Å²) in [5, 5.41) is 13.7. The summed E-state index contributed by atoms with van der Waals surface area (Å²) >= 11 is 0. The number of rotatable bonds is 8. The Morgan fingerprint density at radius 1 is 0.864 bits per heavy atom. The summed E-state index contributed by atoms with van der Waals surface area (Å²) in [5.41, 5.74) is 5.26. The van der Waals surface area contributed by atoms with Crippen molar-refractivity contribution in [2.45, 2.75) is 4.90 Å². The average Bonchev–Trinajstić information content (AvgIpc) is 3.42. The first kappa shape index (κ1) is 36.0. The summed E-state index contributed by atoms with van der Waals surface area (Å²) in [6, 6.07) is 21.9. The standard InChI is InChI=1S/C25H23N5O5S.2C2H6OS/c1-34-20-9-3-17(4-10-20)16-27-28-25(31)23-15-24(18-5-11-21(35-2)12-6-18)30(29-23)19-7-13-22(14-8-19)36(26,32)33;2*1-4(2)3/h3-16H,1-2H3,(H,28,31)(H2,26,32,33);2*1-2H3/b27-16+;;. The topological polar surface area (TPSA) is 172 Å². The van der Waals surface area contributed by atoms with E-state index in [2.05, 4.69) is 15.6 Å². The van der Waals surface area contributed by atoms with Gasteiger partial charge in [-0.15, -0.1) is 0 Å². The van der Waals surface area contributed by atoms with Gasteiger partial charge in [0.2, 0.25) is 10.0 Å². The Balaban J connectivity index is 0.000000754. The SMILES string of the molecule is COc1ccc(/C=N/NC(=O)c2cc(-c3ccc(OC)cc3)n(-c3ccc(S(N)(=O)=O)cc3)n2)cc1.CS(C)=O.CS(C)=O. The third-order valence-corrected chi connectivity index (χ3v) is 6.16. The van der Waals surface area contributed by atoms with Crippen LogP contribution in [0.3, 0.4) is 0 Å². The first-order valence-electron chi connectivity index (χ1n) is 12.6. The van der Waals surface area contributed by atoms with Crippen molar-refractivity contribution in [2.75, 3.05) is 39.2 Å². The van der Waals surface area contributed by atoms with Crippen molar-refractivity contribution in [3.8, 4) is 28.4 Å². The molecule has 4 rings (SSSR count). The summed E-state index contributed by atoms with van der Waals surface area (Å²) in [5.74, 6) is 0.868. The van der Waals surface area contributed by atoms with E-state index in [1.165, 1.54) is 23.0 Å². The molecule has 3 N–H and O–H groups in total. The summed E-state index contributed by atoms with van der Waals surface area (Å²) in [6.45, 7) is 0. The Morgan fingerprint density at radius 3 is 1.80 bits per heavy atom. The van der Waals surface area contributed by atoms with Gasteiger partial charge in [-0.2, -0.15) is 10.2 Å². The number of carbonyl (C=O) groups excluding carboxylic acids is 1. The van der Waals surface area contributed by atoms with Crippen LogP contribution in [0.5, 0.6) is 11.5 Å². The molecule has 0 aliphatic heterocycles. The second-order valence-electron chi connectivity index (χ2n) is 9.05. The van der Waals surface area contributed by atoms with Gasteiger partial charge in [0.05, 0.1) is 36.7 Å². The van der Waals surface area contributed by atoms with Crippen molar-refractivity contribution >= 4 is 43.7 Å². The van der Waals surface area contributed by atoms with Crippen LogP contribution in [0.2, 0.25) is 0 Å². The predicted molar refractivity (Wildman–Crippen MR) is 175 cm³/mol. The Kier molecular flexibility index (Phi) is 14.1. The maximum atomic E-state index is 12.8.